The molecule has 0 unspecified atom stereocenters. The number of ether oxygens (including phenoxy) is 7. The Balaban J connectivity index is 0.000000199. The number of fused-ring (bicyclic) bond motifs is 1. The largest absolute Gasteiger partial charge is 0.492 e. The maximum Gasteiger partial charge on any atom is 0.306 e. The number of aliphatic hydroxyl groups excluding tert-OH is 1. The summed E-state index contributed by atoms with van der Waals surface area (Å²) in [6.07, 6.45) is 2.52. The fourth-order valence-corrected chi connectivity index (χ4v) is 8.10. The maximum absolute atomic E-state index is 11.6. The minimum atomic E-state index is -0.229. The van der Waals surface area contributed by atoms with Gasteiger partial charge in [-0.05, 0) is 126 Å². The Kier molecular flexibility index (Phi) is 13.3. The van der Waals surface area contributed by atoms with Crippen LogP contribution in [0, 0.1) is 27.7 Å². The highest BCUT2D eigenvalue weighted by atomic mass is 16.6. The van der Waals surface area contributed by atoms with Crippen LogP contribution in [0.25, 0.3) is 22.3 Å². The van der Waals surface area contributed by atoms with Crippen molar-refractivity contribution >= 4 is 5.97 Å². The Hall–Kier alpha value is -5.35. The summed E-state index contributed by atoms with van der Waals surface area (Å²) >= 11 is 0. The van der Waals surface area contributed by atoms with Gasteiger partial charge in [-0.15, -0.1) is 0 Å². The molecule has 9 nitrogen and oxygen atoms in total. The van der Waals surface area contributed by atoms with E-state index in [1.54, 1.807) is 0 Å². The smallest absolute Gasteiger partial charge is 0.306 e. The number of hydrogen-bond donors (Lipinski definition) is 1. The molecule has 2 fully saturated rings. The monoisotopic (exact) mass is 786 g/mol. The Bertz CT molecular complexity index is 2150. The van der Waals surface area contributed by atoms with Gasteiger partial charge in [0, 0.05) is 30.4 Å². The third-order valence-corrected chi connectivity index (χ3v) is 10.9. The van der Waals surface area contributed by atoms with Crippen molar-refractivity contribution in [1.29, 1.82) is 0 Å². The van der Waals surface area contributed by atoms with Gasteiger partial charge in [0.05, 0.1) is 53.2 Å². The van der Waals surface area contributed by atoms with Crippen molar-refractivity contribution < 1.29 is 43.1 Å². The highest BCUT2D eigenvalue weighted by Gasteiger charge is 2.27. The summed E-state index contributed by atoms with van der Waals surface area (Å²) in [5.41, 5.74) is 12.5. The standard InChI is InChI=1S/C30H32O6.C19H22O3/c1-19-11-26(36-25-9-10-33-18-25)12-20(2)30(19)22-6-4-5-21(13-22)16-34-24-7-8-27-23(14-29(31)32-3)17-35-28(27)15-24;1-13-8-18(22-17-6-7-21-12-17)9-14(2)19(13)16-5-3-4-15(10-16)11-20/h4-8,11-13,15,23,25H,9-10,14,16-18H2,1-3H3;3-5,8-10,17,20H,6-7,11-12H2,1-2H3/t23-,25-;17-/m11/s1. The van der Waals surface area contributed by atoms with Crippen LogP contribution in [0.5, 0.6) is 23.0 Å². The number of methoxy groups -OCH3 is 1. The molecule has 8 rings (SSSR count). The molecule has 58 heavy (non-hydrogen) atoms. The van der Waals surface area contributed by atoms with Gasteiger partial charge in [-0.1, -0.05) is 42.5 Å². The number of esters is 1. The van der Waals surface area contributed by atoms with Crippen molar-refractivity contribution in [2.24, 2.45) is 0 Å². The molecule has 1 N–H and O–H groups in total. The van der Waals surface area contributed by atoms with Crippen molar-refractivity contribution in [3.63, 3.8) is 0 Å². The lowest BCUT2D eigenvalue weighted by Gasteiger charge is -2.17. The fraction of sp³-hybridized carbons (Fsp3) is 0.367. The van der Waals surface area contributed by atoms with Crippen LogP contribution in [0.4, 0.5) is 0 Å². The first-order chi connectivity index (χ1) is 28.2. The predicted molar refractivity (Wildman–Crippen MR) is 224 cm³/mol. The van der Waals surface area contributed by atoms with E-state index in [0.717, 1.165) is 76.9 Å². The quantitative estimate of drug-likeness (QED) is 0.124. The van der Waals surface area contributed by atoms with Crippen molar-refractivity contribution in [2.75, 3.05) is 40.1 Å². The van der Waals surface area contributed by atoms with Crippen LogP contribution in [0.15, 0.2) is 91.0 Å². The number of carbonyl (C=O) groups is 1. The average molecular weight is 787 g/mol. The lowest BCUT2D eigenvalue weighted by atomic mass is 9.94. The van der Waals surface area contributed by atoms with Crippen LogP contribution < -0.4 is 18.9 Å². The van der Waals surface area contributed by atoms with Gasteiger partial charge >= 0.3 is 5.97 Å². The molecule has 0 aromatic heterocycles. The number of hydrogen-bond acceptors (Lipinski definition) is 9. The summed E-state index contributed by atoms with van der Waals surface area (Å²) in [6.45, 7) is 12.3. The van der Waals surface area contributed by atoms with E-state index in [0.29, 0.717) is 32.8 Å². The van der Waals surface area contributed by atoms with E-state index >= 15 is 0 Å². The molecule has 0 spiro atoms. The van der Waals surface area contributed by atoms with Gasteiger partial charge in [-0.3, -0.25) is 4.79 Å². The van der Waals surface area contributed by atoms with E-state index < -0.39 is 0 Å². The first-order valence-corrected chi connectivity index (χ1v) is 20.1. The summed E-state index contributed by atoms with van der Waals surface area (Å²) in [7, 11) is 1.41. The van der Waals surface area contributed by atoms with Crippen molar-refractivity contribution in [3.05, 3.63) is 130 Å². The molecule has 0 bridgehead atoms. The summed E-state index contributed by atoms with van der Waals surface area (Å²) in [4.78, 5) is 11.6. The highest BCUT2D eigenvalue weighted by molar-refractivity contribution is 5.74. The second-order valence-corrected chi connectivity index (χ2v) is 15.4. The molecule has 9 heteroatoms. The molecule has 0 saturated carbocycles. The van der Waals surface area contributed by atoms with Gasteiger partial charge in [0.1, 0.15) is 41.8 Å². The second kappa shape index (κ2) is 18.9. The first kappa shape index (κ1) is 40.8. The van der Waals surface area contributed by atoms with Gasteiger partial charge in [-0.2, -0.15) is 0 Å². The lowest BCUT2D eigenvalue weighted by Crippen LogP contribution is -2.15. The van der Waals surface area contributed by atoms with Gasteiger partial charge in [-0.25, -0.2) is 0 Å². The Labute approximate surface area is 341 Å². The number of rotatable bonds is 12. The van der Waals surface area contributed by atoms with E-state index in [9.17, 15) is 9.90 Å². The molecule has 0 radical (unpaired) electrons. The van der Waals surface area contributed by atoms with E-state index in [2.05, 4.69) is 82.3 Å². The number of aryl methyl sites for hydroxylation is 4. The maximum atomic E-state index is 11.6. The third kappa shape index (κ3) is 10.0. The van der Waals surface area contributed by atoms with Crippen LogP contribution in [0.1, 0.15) is 64.1 Å². The molecule has 304 valence electrons. The average Bonchev–Trinajstić information content (AvgIpc) is 4.01. The molecule has 3 aliphatic rings. The minimum absolute atomic E-state index is 0.0212. The molecule has 5 aromatic rings. The van der Waals surface area contributed by atoms with E-state index in [-0.39, 0.29) is 30.7 Å². The lowest BCUT2D eigenvalue weighted by molar-refractivity contribution is -0.141. The summed E-state index contributed by atoms with van der Waals surface area (Å²) < 4.78 is 39.6. The molecule has 5 aromatic carbocycles. The van der Waals surface area contributed by atoms with E-state index in [4.69, 9.17) is 33.2 Å². The zero-order valence-corrected chi connectivity index (χ0v) is 34.2. The Morgan fingerprint density at radius 2 is 1.22 bits per heavy atom. The Morgan fingerprint density at radius 1 is 0.672 bits per heavy atom. The summed E-state index contributed by atoms with van der Waals surface area (Å²) in [5, 5.41) is 9.32. The Morgan fingerprint density at radius 3 is 1.74 bits per heavy atom. The molecule has 3 heterocycles. The third-order valence-electron chi connectivity index (χ3n) is 10.9. The number of carbonyl (C=O) groups excluding carboxylic acids is 1. The van der Waals surface area contributed by atoms with Crippen LogP contribution >= 0.6 is 0 Å². The first-order valence-electron chi connectivity index (χ1n) is 20.1. The number of benzene rings is 5. The van der Waals surface area contributed by atoms with Gasteiger partial charge in [0.25, 0.3) is 0 Å². The molecule has 3 aliphatic heterocycles. The molecule has 0 aliphatic carbocycles. The fourth-order valence-electron chi connectivity index (χ4n) is 8.10. The molecule has 3 atom stereocenters. The van der Waals surface area contributed by atoms with E-state index in [1.165, 1.54) is 40.5 Å². The number of aliphatic hydroxyl groups is 1. The van der Waals surface area contributed by atoms with Gasteiger partial charge in [0.15, 0.2) is 0 Å². The molecular weight excluding hydrogens is 733 g/mol. The van der Waals surface area contributed by atoms with Gasteiger partial charge in [0.2, 0.25) is 0 Å². The molecule has 2 saturated heterocycles. The van der Waals surface area contributed by atoms with Crippen molar-refractivity contribution in [1.82, 2.24) is 0 Å². The SMILES string of the molecule is COC(=O)C[C@@H]1COc2cc(OCc3cccc(-c4c(C)cc(O[C@@H]5CCOC5)cc4C)c3)ccc21.Cc1cc(O[C@@H]2CCOC2)cc(C)c1-c1cccc(CO)c1. The molecule has 0 amide bonds. The summed E-state index contributed by atoms with van der Waals surface area (Å²) in [5.74, 6) is 3.11. The van der Waals surface area contributed by atoms with Crippen LogP contribution in [-0.2, 0) is 32.2 Å². The topological polar surface area (TPSA) is 102 Å². The predicted octanol–water partition coefficient (Wildman–Crippen LogP) is 9.39. The van der Waals surface area contributed by atoms with Crippen molar-refractivity contribution in [2.45, 2.75) is 78.3 Å². The zero-order valence-electron chi connectivity index (χ0n) is 34.2. The summed E-state index contributed by atoms with van der Waals surface area (Å²) in [6, 6.07) is 30.7. The van der Waals surface area contributed by atoms with Gasteiger partial charge < -0.3 is 38.3 Å². The normalized spacial score (nSPS) is 18.1. The minimum Gasteiger partial charge on any atom is -0.492 e. The highest BCUT2D eigenvalue weighted by Crippen LogP contribution is 2.39. The van der Waals surface area contributed by atoms with Crippen molar-refractivity contribution in [3.8, 4) is 45.3 Å². The second-order valence-electron chi connectivity index (χ2n) is 15.4. The van der Waals surface area contributed by atoms with Crippen LogP contribution in [0.3, 0.4) is 0 Å². The van der Waals surface area contributed by atoms with Crippen LogP contribution in [0.2, 0.25) is 0 Å². The molecular formula is C49H54O9. The van der Waals surface area contributed by atoms with Crippen LogP contribution in [-0.4, -0.2) is 63.4 Å². The zero-order chi connectivity index (χ0) is 40.6. The van der Waals surface area contributed by atoms with E-state index in [1.807, 2.05) is 36.4 Å².